The van der Waals surface area contributed by atoms with Crippen LogP contribution in [0.5, 0.6) is 0 Å². The Balaban J connectivity index is 1.49. The lowest BCUT2D eigenvalue weighted by atomic mass is 10.1. The van der Waals surface area contributed by atoms with Crippen LogP contribution in [0.15, 0.2) is 53.1 Å². The van der Waals surface area contributed by atoms with Gasteiger partial charge in [0.25, 0.3) is 5.91 Å². The van der Waals surface area contributed by atoms with Crippen molar-refractivity contribution in [2.75, 3.05) is 13.1 Å². The summed E-state index contributed by atoms with van der Waals surface area (Å²) in [7, 11) is 0. The molecule has 2 amide bonds. The van der Waals surface area contributed by atoms with Gasteiger partial charge >= 0.3 is 11.8 Å². The zero-order valence-electron chi connectivity index (χ0n) is 14.5. The van der Waals surface area contributed by atoms with Gasteiger partial charge in [-0.05, 0) is 42.8 Å². The fourth-order valence-electron chi connectivity index (χ4n) is 2.38. The summed E-state index contributed by atoms with van der Waals surface area (Å²) in [6.45, 7) is 2.37. The molecular formula is C19H17ClN4O3. The third-order valence-corrected chi connectivity index (χ3v) is 4.06. The molecule has 0 bridgehead atoms. The molecule has 0 saturated carbocycles. The molecule has 7 nitrogen and oxygen atoms in total. The third-order valence-electron chi connectivity index (χ3n) is 3.81. The highest BCUT2D eigenvalue weighted by atomic mass is 35.5. The van der Waals surface area contributed by atoms with E-state index in [0.29, 0.717) is 22.0 Å². The quantitative estimate of drug-likeness (QED) is 0.637. The van der Waals surface area contributed by atoms with Crippen molar-refractivity contribution >= 4 is 23.4 Å². The highest BCUT2D eigenvalue weighted by Gasteiger charge is 2.16. The van der Waals surface area contributed by atoms with Crippen molar-refractivity contribution in [3.05, 3.63) is 70.6 Å². The number of amides is 2. The predicted octanol–water partition coefficient (Wildman–Crippen LogP) is 2.86. The summed E-state index contributed by atoms with van der Waals surface area (Å²) in [6, 6.07) is 14.2. The number of nitrogens with zero attached hydrogens (tertiary/aromatic N) is 2. The summed E-state index contributed by atoms with van der Waals surface area (Å²) in [4.78, 5) is 28.2. The van der Waals surface area contributed by atoms with Gasteiger partial charge in [-0.1, -0.05) is 35.0 Å². The van der Waals surface area contributed by atoms with Crippen LogP contribution in [0.25, 0.3) is 11.4 Å². The van der Waals surface area contributed by atoms with E-state index in [2.05, 4.69) is 20.8 Å². The number of hydrogen-bond donors (Lipinski definition) is 2. The summed E-state index contributed by atoms with van der Waals surface area (Å²) in [6.07, 6.45) is 0. The average molecular weight is 385 g/mol. The lowest BCUT2D eigenvalue weighted by molar-refractivity contribution is 0.0898. The van der Waals surface area contributed by atoms with Crippen LogP contribution in [0, 0.1) is 6.92 Å². The van der Waals surface area contributed by atoms with Gasteiger partial charge in [-0.3, -0.25) is 9.59 Å². The monoisotopic (exact) mass is 384 g/mol. The van der Waals surface area contributed by atoms with Gasteiger partial charge in [0.05, 0.1) is 0 Å². The Kier molecular flexibility index (Phi) is 5.83. The number of carbonyl (C=O) groups is 2. The van der Waals surface area contributed by atoms with Gasteiger partial charge in [-0.25, -0.2) is 0 Å². The van der Waals surface area contributed by atoms with Crippen LogP contribution in [0.2, 0.25) is 5.02 Å². The first-order valence-electron chi connectivity index (χ1n) is 8.26. The zero-order valence-corrected chi connectivity index (χ0v) is 15.3. The molecule has 0 unspecified atom stereocenters. The highest BCUT2D eigenvalue weighted by Crippen LogP contribution is 2.18. The van der Waals surface area contributed by atoms with Crippen molar-refractivity contribution in [1.29, 1.82) is 0 Å². The third kappa shape index (κ3) is 4.71. The van der Waals surface area contributed by atoms with Crippen molar-refractivity contribution in [2.45, 2.75) is 6.92 Å². The number of benzene rings is 2. The van der Waals surface area contributed by atoms with E-state index < -0.39 is 5.91 Å². The Morgan fingerprint density at radius 2 is 1.67 bits per heavy atom. The van der Waals surface area contributed by atoms with E-state index in [-0.39, 0.29) is 24.9 Å². The molecule has 0 aliphatic carbocycles. The van der Waals surface area contributed by atoms with Crippen LogP contribution < -0.4 is 10.6 Å². The molecule has 3 rings (SSSR count). The van der Waals surface area contributed by atoms with Gasteiger partial charge in [-0.2, -0.15) is 4.98 Å². The number of rotatable bonds is 6. The highest BCUT2D eigenvalue weighted by molar-refractivity contribution is 6.30. The second-order valence-corrected chi connectivity index (χ2v) is 6.19. The number of halogens is 1. The maximum absolute atomic E-state index is 12.1. The molecule has 1 heterocycles. The first kappa shape index (κ1) is 18.6. The fourth-order valence-corrected chi connectivity index (χ4v) is 2.51. The Bertz CT molecular complexity index is 954. The van der Waals surface area contributed by atoms with Crippen molar-refractivity contribution in [1.82, 2.24) is 20.8 Å². The molecule has 0 fully saturated rings. The Morgan fingerprint density at radius 1 is 1.00 bits per heavy atom. The minimum atomic E-state index is -0.507. The molecule has 0 saturated heterocycles. The molecule has 0 spiro atoms. The van der Waals surface area contributed by atoms with E-state index >= 15 is 0 Å². The molecule has 2 N–H and O–H groups in total. The van der Waals surface area contributed by atoms with Crippen LogP contribution in [-0.2, 0) is 0 Å². The lowest BCUT2D eigenvalue weighted by Crippen LogP contribution is -2.35. The normalized spacial score (nSPS) is 10.4. The van der Waals surface area contributed by atoms with Gasteiger partial charge in [0.2, 0.25) is 5.82 Å². The van der Waals surface area contributed by atoms with Crippen LogP contribution in [0.4, 0.5) is 0 Å². The predicted molar refractivity (Wildman–Crippen MR) is 101 cm³/mol. The molecule has 3 aromatic rings. The van der Waals surface area contributed by atoms with Crippen molar-refractivity contribution in [3.8, 4) is 11.4 Å². The van der Waals surface area contributed by atoms with E-state index in [1.54, 1.807) is 36.4 Å². The fraction of sp³-hybridized carbons (Fsp3) is 0.158. The first-order valence-corrected chi connectivity index (χ1v) is 8.64. The second kappa shape index (κ2) is 8.46. The Hall–Kier alpha value is -3.19. The number of carbonyl (C=O) groups excluding carboxylic acids is 2. The van der Waals surface area contributed by atoms with Crippen LogP contribution in [0.3, 0.4) is 0 Å². The molecule has 8 heteroatoms. The van der Waals surface area contributed by atoms with Crippen molar-refractivity contribution in [2.24, 2.45) is 0 Å². The van der Waals surface area contributed by atoms with E-state index in [4.69, 9.17) is 16.1 Å². The van der Waals surface area contributed by atoms with E-state index in [0.717, 1.165) is 5.56 Å². The summed E-state index contributed by atoms with van der Waals surface area (Å²) in [5.41, 5.74) is 2.18. The topological polar surface area (TPSA) is 97.1 Å². The summed E-state index contributed by atoms with van der Waals surface area (Å²) in [5, 5.41) is 9.75. The smallest absolute Gasteiger partial charge is 0.316 e. The molecule has 1 aromatic heterocycles. The van der Waals surface area contributed by atoms with Gasteiger partial charge in [0.15, 0.2) is 0 Å². The largest absolute Gasteiger partial charge is 0.350 e. The number of hydrogen-bond acceptors (Lipinski definition) is 5. The Labute approximate surface area is 160 Å². The van der Waals surface area contributed by atoms with Gasteiger partial charge in [-0.15, -0.1) is 0 Å². The first-order chi connectivity index (χ1) is 13.0. The standard InChI is InChI=1S/C19H17ClN4O3/c1-12-4-2-3-5-15(12)17(25)21-10-11-22-18(26)19-23-16(24-27-19)13-6-8-14(20)9-7-13/h2-9H,10-11H2,1H3,(H,21,25)(H,22,26). The van der Waals surface area contributed by atoms with E-state index in [1.807, 2.05) is 19.1 Å². The number of nitrogens with one attached hydrogen (secondary N) is 2. The number of aromatic nitrogens is 2. The molecule has 0 aliphatic rings. The second-order valence-electron chi connectivity index (χ2n) is 5.76. The maximum Gasteiger partial charge on any atom is 0.316 e. The van der Waals surface area contributed by atoms with Gasteiger partial charge < -0.3 is 15.2 Å². The van der Waals surface area contributed by atoms with Crippen LogP contribution in [-0.4, -0.2) is 35.0 Å². The molecular weight excluding hydrogens is 368 g/mol. The summed E-state index contributed by atoms with van der Waals surface area (Å²) >= 11 is 5.84. The number of aryl methyl sites for hydroxylation is 1. The SMILES string of the molecule is Cc1ccccc1C(=O)NCCNC(=O)c1nc(-c2ccc(Cl)cc2)no1. The van der Waals surface area contributed by atoms with Crippen molar-refractivity contribution in [3.63, 3.8) is 0 Å². The van der Waals surface area contributed by atoms with Crippen LogP contribution in [0.1, 0.15) is 26.6 Å². The molecule has 27 heavy (non-hydrogen) atoms. The molecule has 138 valence electrons. The van der Waals surface area contributed by atoms with Gasteiger partial charge in [0, 0.05) is 29.2 Å². The van der Waals surface area contributed by atoms with E-state index in [9.17, 15) is 9.59 Å². The van der Waals surface area contributed by atoms with Crippen molar-refractivity contribution < 1.29 is 14.1 Å². The minimum absolute atomic E-state index is 0.148. The average Bonchev–Trinajstić information content (AvgIpc) is 3.16. The lowest BCUT2D eigenvalue weighted by Gasteiger charge is -2.07. The van der Waals surface area contributed by atoms with Crippen LogP contribution >= 0.6 is 11.6 Å². The van der Waals surface area contributed by atoms with Gasteiger partial charge in [0.1, 0.15) is 0 Å². The zero-order chi connectivity index (χ0) is 19.2. The maximum atomic E-state index is 12.1. The molecule has 2 aromatic carbocycles. The molecule has 0 atom stereocenters. The summed E-state index contributed by atoms with van der Waals surface area (Å²) in [5.74, 6) is -0.548. The van der Waals surface area contributed by atoms with E-state index in [1.165, 1.54) is 0 Å². The molecule has 0 radical (unpaired) electrons. The molecule has 0 aliphatic heterocycles. The minimum Gasteiger partial charge on any atom is -0.350 e. The summed E-state index contributed by atoms with van der Waals surface area (Å²) < 4.78 is 4.98. The Morgan fingerprint density at radius 3 is 2.37 bits per heavy atom.